The molecule has 0 saturated carbocycles. The SMILES string of the molecule is COCCNCc1ccc(Sc2ccc(C)cc2)c(C)c1. The van der Waals surface area contributed by atoms with E-state index in [1.807, 2.05) is 11.8 Å². The van der Waals surface area contributed by atoms with E-state index in [-0.39, 0.29) is 0 Å². The molecular formula is C18H23NOS. The van der Waals surface area contributed by atoms with E-state index in [9.17, 15) is 0 Å². The second-order valence-corrected chi connectivity index (χ2v) is 6.30. The predicted octanol–water partition coefficient (Wildman–Crippen LogP) is 4.19. The molecule has 0 aliphatic carbocycles. The van der Waals surface area contributed by atoms with Crippen LogP contribution in [0.4, 0.5) is 0 Å². The Morgan fingerprint density at radius 1 is 1.05 bits per heavy atom. The van der Waals surface area contributed by atoms with Crippen molar-refractivity contribution in [3.05, 3.63) is 59.2 Å². The van der Waals surface area contributed by atoms with Crippen molar-refractivity contribution < 1.29 is 4.74 Å². The molecule has 0 bridgehead atoms. The van der Waals surface area contributed by atoms with Crippen molar-refractivity contribution in [1.29, 1.82) is 0 Å². The molecule has 2 nitrogen and oxygen atoms in total. The smallest absolute Gasteiger partial charge is 0.0587 e. The Hall–Kier alpha value is -1.29. The van der Waals surface area contributed by atoms with Crippen molar-refractivity contribution in [2.45, 2.75) is 30.2 Å². The van der Waals surface area contributed by atoms with E-state index in [4.69, 9.17) is 4.74 Å². The van der Waals surface area contributed by atoms with Gasteiger partial charge in [0.1, 0.15) is 0 Å². The van der Waals surface area contributed by atoms with Crippen molar-refractivity contribution in [2.75, 3.05) is 20.3 Å². The van der Waals surface area contributed by atoms with E-state index >= 15 is 0 Å². The monoisotopic (exact) mass is 301 g/mol. The largest absolute Gasteiger partial charge is 0.383 e. The third-order valence-corrected chi connectivity index (χ3v) is 4.49. The molecule has 3 heteroatoms. The van der Waals surface area contributed by atoms with Crippen LogP contribution in [0.25, 0.3) is 0 Å². The molecule has 0 spiro atoms. The summed E-state index contributed by atoms with van der Waals surface area (Å²) >= 11 is 1.82. The number of rotatable bonds is 7. The van der Waals surface area contributed by atoms with E-state index in [0.29, 0.717) is 0 Å². The first-order valence-electron chi connectivity index (χ1n) is 7.23. The van der Waals surface area contributed by atoms with E-state index < -0.39 is 0 Å². The van der Waals surface area contributed by atoms with Gasteiger partial charge in [0.15, 0.2) is 0 Å². The predicted molar refractivity (Wildman–Crippen MR) is 90.1 cm³/mol. The maximum Gasteiger partial charge on any atom is 0.0587 e. The molecular weight excluding hydrogens is 278 g/mol. The number of hydrogen-bond donors (Lipinski definition) is 1. The summed E-state index contributed by atoms with van der Waals surface area (Å²) in [7, 11) is 1.73. The normalized spacial score (nSPS) is 10.8. The molecule has 0 aliphatic rings. The van der Waals surface area contributed by atoms with Gasteiger partial charge in [0, 0.05) is 30.0 Å². The fourth-order valence-electron chi connectivity index (χ4n) is 2.08. The lowest BCUT2D eigenvalue weighted by Gasteiger charge is -2.09. The Morgan fingerprint density at radius 2 is 1.81 bits per heavy atom. The first-order valence-corrected chi connectivity index (χ1v) is 8.04. The molecule has 0 aliphatic heterocycles. The Bertz CT molecular complexity index is 566. The van der Waals surface area contributed by atoms with Gasteiger partial charge in [-0.1, -0.05) is 41.6 Å². The number of aryl methyl sites for hydroxylation is 2. The van der Waals surface area contributed by atoms with Crippen molar-refractivity contribution >= 4 is 11.8 Å². The lowest BCUT2D eigenvalue weighted by Crippen LogP contribution is -2.18. The Kier molecular flexibility index (Phi) is 6.30. The number of hydrogen-bond acceptors (Lipinski definition) is 3. The van der Waals surface area contributed by atoms with Crippen LogP contribution in [0.3, 0.4) is 0 Å². The van der Waals surface area contributed by atoms with Crippen molar-refractivity contribution in [1.82, 2.24) is 5.32 Å². The average Bonchev–Trinajstić information content (AvgIpc) is 2.48. The highest BCUT2D eigenvalue weighted by Crippen LogP contribution is 2.30. The molecule has 2 rings (SSSR count). The Labute approximate surface area is 131 Å². The standard InChI is InChI=1S/C18H23NOS/c1-14-4-7-17(8-5-14)21-18-9-6-16(12-15(18)2)13-19-10-11-20-3/h4-9,12,19H,10-11,13H2,1-3H3. The topological polar surface area (TPSA) is 21.3 Å². The third kappa shape index (κ3) is 5.20. The number of methoxy groups -OCH3 is 1. The first kappa shape index (κ1) is 16.1. The summed E-state index contributed by atoms with van der Waals surface area (Å²) < 4.78 is 5.03. The zero-order valence-electron chi connectivity index (χ0n) is 13.0. The van der Waals surface area contributed by atoms with Gasteiger partial charge in [0.2, 0.25) is 0 Å². The van der Waals surface area contributed by atoms with Gasteiger partial charge in [-0.2, -0.15) is 0 Å². The molecule has 2 aromatic rings. The number of nitrogens with one attached hydrogen (secondary N) is 1. The van der Waals surface area contributed by atoms with Gasteiger partial charge in [-0.05, 0) is 43.2 Å². The summed E-state index contributed by atoms with van der Waals surface area (Å²) in [5, 5.41) is 3.37. The quantitative estimate of drug-likeness (QED) is 0.775. The maximum absolute atomic E-state index is 5.03. The summed E-state index contributed by atoms with van der Waals surface area (Å²) in [6, 6.07) is 15.4. The fourth-order valence-corrected chi connectivity index (χ4v) is 2.96. The third-order valence-electron chi connectivity index (χ3n) is 3.30. The van der Waals surface area contributed by atoms with Crippen LogP contribution in [0.5, 0.6) is 0 Å². The van der Waals surface area contributed by atoms with Crippen LogP contribution in [0.1, 0.15) is 16.7 Å². The molecule has 0 saturated heterocycles. The van der Waals surface area contributed by atoms with Crippen molar-refractivity contribution in [2.24, 2.45) is 0 Å². The summed E-state index contributed by atoms with van der Waals surface area (Å²) in [4.78, 5) is 2.61. The highest BCUT2D eigenvalue weighted by atomic mass is 32.2. The minimum atomic E-state index is 0.750. The lowest BCUT2D eigenvalue weighted by atomic mass is 10.1. The molecule has 2 aromatic carbocycles. The van der Waals surface area contributed by atoms with Crippen LogP contribution in [-0.4, -0.2) is 20.3 Å². The molecule has 0 heterocycles. The lowest BCUT2D eigenvalue weighted by molar-refractivity contribution is 0.199. The van der Waals surface area contributed by atoms with Gasteiger partial charge in [0.05, 0.1) is 6.61 Å². The summed E-state index contributed by atoms with van der Waals surface area (Å²) in [6.07, 6.45) is 0. The molecule has 0 atom stereocenters. The zero-order chi connectivity index (χ0) is 15.1. The Balaban J connectivity index is 1.97. The van der Waals surface area contributed by atoms with Crippen molar-refractivity contribution in [3.63, 3.8) is 0 Å². The van der Waals surface area contributed by atoms with Gasteiger partial charge in [-0.15, -0.1) is 0 Å². The van der Waals surface area contributed by atoms with Gasteiger partial charge >= 0.3 is 0 Å². The molecule has 112 valence electrons. The highest BCUT2D eigenvalue weighted by Gasteiger charge is 2.03. The first-order chi connectivity index (χ1) is 10.2. The van der Waals surface area contributed by atoms with Gasteiger partial charge in [0.25, 0.3) is 0 Å². The van der Waals surface area contributed by atoms with Crippen LogP contribution in [-0.2, 0) is 11.3 Å². The summed E-state index contributed by atoms with van der Waals surface area (Å²) in [6.45, 7) is 6.82. The van der Waals surface area contributed by atoms with Crippen molar-refractivity contribution in [3.8, 4) is 0 Å². The minimum Gasteiger partial charge on any atom is -0.383 e. The van der Waals surface area contributed by atoms with Crippen LogP contribution in [0, 0.1) is 13.8 Å². The molecule has 0 radical (unpaired) electrons. The highest BCUT2D eigenvalue weighted by molar-refractivity contribution is 7.99. The Morgan fingerprint density at radius 3 is 2.48 bits per heavy atom. The van der Waals surface area contributed by atoms with Gasteiger partial charge in [-0.3, -0.25) is 0 Å². The van der Waals surface area contributed by atoms with Crippen LogP contribution >= 0.6 is 11.8 Å². The summed E-state index contributed by atoms with van der Waals surface area (Å²) in [5.74, 6) is 0. The molecule has 0 unspecified atom stereocenters. The number of benzene rings is 2. The second-order valence-electron chi connectivity index (χ2n) is 5.18. The molecule has 21 heavy (non-hydrogen) atoms. The average molecular weight is 301 g/mol. The van der Waals surface area contributed by atoms with Crippen LogP contribution in [0.15, 0.2) is 52.3 Å². The van der Waals surface area contributed by atoms with E-state index in [1.165, 1.54) is 26.5 Å². The van der Waals surface area contributed by atoms with E-state index in [2.05, 4.69) is 61.6 Å². The van der Waals surface area contributed by atoms with E-state index in [1.54, 1.807) is 7.11 Å². The van der Waals surface area contributed by atoms with Gasteiger partial charge in [-0.25, -0.2) is 0 Å². The number of ether oxygens (including phenoxy) is 1. The van der Waals surface area contributed by atoms with Crippen LogP contribution < -0.4 is 5.32 Å². The second kappa shape index (κ2) is 8.23. The minimum absolute atomic E-state index is 0.750. The molecule has 0 fully saturated rings. The van der Waals surface area contributed by atoms with Crippen LogP contribution in [0.2, 0.25) is 0 Å². The molecule has 0 amide bonds. The molecule has 1 N–H and O–H groups in total. The van der Waals surface area contributed by atoms with E-state index in [0.717, 1.165) is 19.7 Å². The van der Waals surface area contributed by atoms with Gasteiger partial charge < -0.3 is 10.1 Å². The maximum atomic E-state index is 5.03. The summed E-state index contributed by atoms with van der Waals surface area (Å²) in [5.41, 5.74) is 3.94. The zero-order valence-corrected chi connectivity index (χ0v) is 13.8. The molecule has 0 aromatic heterocycles. The fraction of sp³-hybridized carbons (Fsp3) is 0.333.